The van der Waals surface area contributed by atoms with Crippen LogP contribution in [0, 0.1) is 0 Å². The molecule has 9 heteroatoms. The van der Waals surface area contributed by atoms with Gasteiger partial charge in [0.2, 0.25) is 11.8 Å². The lowest BCUT2D eigenvalue weighted by atomic mass is 10.2. The molecule has 0 fully saturated rings. The number of nitrogens with one attached hydrogen (secondary N) is 1. The van der Waals surface area contributed by atoms with E-state index in [0.717, 1.165) is 22.8 Å². The molecule has 0 radical (unpaired) electrons. The second-order valence-corrected chi connectivity index (χ2v) is 9.48. The normalized spacial score (nSPS) is 10.7. The third-order valence-corrected chi connectivity index (χ3v) is 5.20. The predicted octanol–water partition coefficient (Wildman–Crippen LogP) is 6.37. The number of alkyl carbamates (subject to hydrolysis) is 1. The molecule has 0 aliphatic rings. The first-order valence-corrected chi connectivity index (χ1v) is 13.3. The molecule has 196 valence electrons. The lowest BCUT2D eigenvalue weighted by Gasteiger charge is -2.19. The minimum absolute atomic E-state index is 0.422. The number of amides is 1. The highest BCUT2D eigenvalue weighted by Crippen LogP contribution is 2.23. The van der Waals surface area contributed by atoms with Crippen LogP contribution in [0.2, 0.25) is 0 Å². The molecule has 36 heavy (non-hydrogen) atoms. The zero-order valence-corrected chi connectivity index (χ0v) is 22.6. The van der Waals surface area contributed by atoms with Crippen molar-refractivity contribution in [3.05, 3.63) is 60.5 Å². The van der Waals surface area contributed by atoms with E-state index in [-0.39, 0.29) is 0 Å². The molecular weight excluding hydrogens is 478 g/mol. The van der Waals surface area contributed by atoms with Gasteiger partial charge in [-0.2, -0.15) is 0 Å². The molecule has 0 bridgehead atoms. The molecule has 0 unspecified atom stereocenters. The van der Waals surface area contributed by atoms with Crippen molar-refractivity contribution in [2.24, 2.45) is 0 Å². The van der Waals surface area contributed by atoms with Gasteiger partial charge in [0.15, 0.2) is 0 Å². The van der Waals surface area contributed by atoms with Gasteiger partial charge in [-0.1, -0.05) is 32.0 Å². The van der Waals surface area contributed by atoms with Gasteiger partial charge in [0.05, 0.1) is 19.0 Å². The van der Waals surface area contributed by atoms with Crippen molar-refractivity contribution < 1.29 is 23.4 Å². The largest absolute Gasteiger partial charge is 0.494 e. The van der Waals surface area contributed by atoms with Gasteiger partial charge >= 0.3 is 6.09 Å². The summed E-state index contributed by atoms with van der Waals surface area (Å²) in [4.78, 5) is 11.6. The first-order valence-electron chi connectivity index (χ1n) is 12.2. The van der Waals surface area contributed by atoms with Gasteiger partial charge in [-0.15, -0.1) is 22.0 Å². The van der Waals surface area contributed by atoms with Gasteiger partial charge in [0.1, 0.15) is 17.1 Å². The number of benzene rings is 2. The topological polar surface area (TPSA) is 95.7 Å². The first-order chi connectivity index (χ1) is 17.4. The molecule has 0 aliphatic carbocycles. The highest BCUT2D eigenvalue weighted by molar-refractivity contribution is 7.98. The van der Waals surface area contributed by atoms with E-state index in [9.17, 15) is 4.79 Å². The summed E-state index contributed by atoms with van der Waals surface area (Å²) in [5.41, 5.74) is 0.327. The van der Waals surface area contributed by atoms with Gasteiger partial charge in [-0.25, -0.2) is 4.79 Å². The van der Waals surface area contributed by atoms with Crippen LogP contribution in [0.5, 0.6) is 11.5 Å². The number of hydrogen-bond donors (Lipinski definition) is 1. The fraction of sp³-hybridized carbons (Fsp3) is 0.444. The van der Waals surface area contributed by atoms with Crippen LogP contribution >= 0.6 is 11.8 Å². The van der Waals surface area contributed by atoms with Gasteiger partial charge in [-0.3, -0.25) is 0 Å². The van der Waals surface area contributed by atoms with Crippen molar-refractivity contribution in [1.82, 2.24) is 15.5 Å². The zero-order valence-electron chi connectivity index (χ0n) is 21.8. The number of thioether (sulfide) groups is 1. The van der Waals surface area contributed by atoms with E-state index in [1.807, 2.05) is 89.2 Å². The van der Waals surface area contributed by atoms with Gasteiger partial charge < -0.3 is 23.9 Å². The molecule has 0 atom stereocenters. The van der Waals surface area contributed by atoms with Crippen LogP contribution in [-0.4, -0.2) is 47.4 Å². The Morgan fingerprint density at radius 3 is 2.31 bits per heavy atom. The maximum atomic E-state index is 11.6. The summed E-state index contributed by atoms with van der Waals surface area (Å²) in [5.74, 6) is 4.11. The second-order valence-electron chi connectivity index (χ2n) is 8.37. The summed E-state index contributed by atoms with van der Waals surface area (Å²) < 4.78 is 22.4. The summed E-state index contributed by atoms with van der Waals surface area (Å²) in [6.45, 7) is 11.1. The quantitative estimate of drug-likeness (QED) is 0.278. The van der Waals surface area contributed by atoms with Crippen molar-refractivity contribution in [3.63, 3.8) is 0 Å². The highest BCUT2D eigenvalue weighted by atomic mass is 32.2. The number of carbonyl (C=O) groups excluding carboxylic acids is 1. The van der Waals surface area contributed by atoms with Crippen molar-refractivity contribution in [2.45, 2.75) is 52.4 Å². The predicted molar refractivity (Wildman–Crippen MR) is 144 cm³/mol. The average molecular weight is 516 g/mol. The summed E-state index contributed by atoms with van der Waals surface area (Å²) >= 11 is 1.68. The monoisotopic (exact) mass is 515 g/mol. The van der Waals surface area contributed by atoms with Gasteiger partial charge in [0, 0.05) is 17.9 Å². The molecule has 1 heterocycles. The molecule has 3 rings (SSSR count). The third-order valence-electron chi connectivity index (χ3n) is 4.29. The van der Waals surface area contributed by atoms with Crippen molar-refractivity contribution in [3.8, 4) is 23.0 Å². The molecule has 1 N–H and O–H groups in total. The van der Waals surface area contributed by atoms with E-state index >= 15 is 0 Å². The van der Waals surface area contributed by atoms with Crippen LogP contribution in [0.15, 0.2) is 59.0 Å². The summed E-state index contributed by atoms with van der Waals surface area (Å²) in [6, 6.07) is 17.2. The number of para-hydroxylation sites is 1. The van der Waals surface area contributed by atoms with Crippen molar-refractivity contribution in [1.29, 1.82) is 0 Å². The molecule has 8 nitrogen and oxygen atoms in total. The minimum atomic E-state index is -0.502. The Morgan fingerprint density at radius 2 is 1.61 bits per heavy atom. The Labute approximate surface area is 218 Å². The van der Waals surface area contributed by atoms with E-state index in [1.54, 1.807) is 11.8 Å². The number of aromatic nitrogens is 2. The molecule has 0 spiro atoms. The Balaban J connectivity index is 0.00000222. The van der Waals surface area contributed by atoms with Crippen LogP contribution in [0.1, 0.15) is 46.9 Å². The van der Waals surface area contributed by atoms with Gasteiger partial charge in [0.25, 0.3) is 0 Å². The second kappa shape index (κ2) is 15.7. The summed E-state index contributed by atoms with van der Waals surface area (Å²) in [5, 5.41) is 11.0. The number of ether oxygens (including phenoxy) is 3. The number of carbonyl (C=O) groups is 1. The molecule has 0 aliphatic heterocycles. The molecule has 2 aromatic carbocycles. The summed E-state index contributed by atoms with van der Waals surface area (Å²) in [7, 11) is 0. The Bertz CT molecular complexity index is 1000. The fourth-order valence-corrected chi connectivity index (χ4v) is 3.42. The molecule has 1 aromatic heterocycles. The number of nitrogens with zero attached hydrogens (tertiary/aromatic N) is 2. The standard InChI is InChI=1S/C25H31N3O5S.C2H6/c1-25(2,3)33-24(29)26-14-7-15-30-21-12-10-19(11-13-21)23-28-27-22(32-23)18-34-17-16-31-20-8-5-4-6-9-20;1-2/h4-6,8-13H,7,14-18H2,1-3H3,(H,26,29);1-2H3. The molecular formula is C27H37N3O5S. The maximum Gasteiger partial charge on any atom is 0.407 e. The average Bonchev–Trinajstić information content (AvgIpc) is 3.34. The van der Waals surface area contributed by atoms with Crippen LogP contribution in [0.3, 0.4) is 0 Å². The van der Waals surface area contributed by atoms with E-state index in [4.69, 9.17) is 18.6 Å². The van der Waals surface area contributed by atoms with E-state index < -0.39 is 11.7 Å². The molecule has 0 saturated heterocycles. The lowest BCUT2D eigenvalue weighted by molar-refractivity contribution is 0.0525. The number of rotatable bonds is 12. The van der Waals surface area contributed by atoms with Crippen LogP contribution in [0.25, 0.3) is 11.5 Å². The maximum absolute atomic E-state index is 11.6. The fourth-order valence-electron chi connectivity index (χ4n) is 2.78. The lowest BCUT2D eigenvalue weighted by Crippen LogP contribution is -2.33. The zero-order chi connectivity index (χ0) is 26.2. The Morgan fingerprint density at radius 1 is 0.944 bits per heavy atom. The SMILES string of the molecule is CC.CC(C)(C)OC(=O)NCCCOc1ccc(-c2nnc(CSCCOc3ccccc3)o2)cc1. The van der Waals surface area contributed by atoms with E-state index in [0.29, 0.717) is 43.7 Å². The van der Waals surface area contributed by atoms with Gasteiger partial charge in [-0.05, 0) is 63.6 Å². The Kier molecular flexibility index (Phi) is 12.7. The van der Waals surface area contributed by atoms with Crippen LogP contribution < -0.4 is 14.8 Å². The van der Waals surface area contributed by atoms with Crippen LogP contribution in [0.4, 0.5) is 4.79 Å². The Hall–Kier alpha value is -3.20. The molecule has 3 aromatic rings. The van der Waals surface area contributed by atoms with Crippen LogP contribution in [-0.2, 0) is 10.5 Å². The number of hydrogen-bond acceptors (Lipinski definition) is 8. The smallest absolute Gasteiger partial charge is 0.407 e. The molecule has 1 amide bonds. The van der Waals surface area contributed by atoms with Crippen molar-refractivity contribution in [2.75, 3.05) is 25.5 Å². The minimum Gasteiger partial charge on any atom is -0.494 e. The summed E-state index contributed by atoms with van der Waals surface area (Å²) in [6.07, 6.45) is 0.247. The van der Waals surface area contributed by atoms with Crippen molar-refractivity contribution >= 4 is 17.9 Å². The molecule has 0 saturated carbocycles. The highest BCUT2D eigenvalue weighted by Gasteiger charge is 2.15. The first kappa shape index (κ1) is 29.0. The van der Waals surface area contributed by atoms with E-state index in [2.05, 4.69) is 15.5 Å². The third kappa shape index (κ3) is 11.5. The van der Waals surface area contributed by atoms with E-state index in [1.165, 1.54) is 0 Å².